The predicted molar refractivity (Wildman–Crippen MR) is 103 cm³/mol. The van der Waals surface area contributed by atoms with E-state index in [0.29, 0.717) is 11.3 Å². The molecule has 154 valence electrons. The molecule has 1 fully saturated rings. The second kappa shape index (κ2) is 8.58. The average Bonchev–Trinajstić information content (AvgIpc) is 2.78. The van der Waals surface area contributed by atoms with Crippen LogP contribution in [0.5, 0.6) is 5.75 Å². The summed E-state index contributed by atoms with van der Waals surface area (Å²) in [6, 6.07) is 7.98. The highest BCUT2D eigenvalue weighted by Gasteiger charge is 2.42. The molecule has 0 spiro atoms. The van der Waals surface area contributed by atoms with E-state index in [4.69, 9.17) is 9.47 Å². The van der Waals surface area contributed by atoms with Crippen LogP contribution < -0.4 is 4.74 Å². The number of benzene rings is 1. The molecule has 1 aliphatic rings. The zero-order valence-corrected chi connectivity index (χ0v) is 16.8. The zero-order valence-electron chi connectivity index (χ0n) is 16.0. The van der Waals surface area contributed by atoms with Gasteiger partial charge in [0.15, 0.2) is 0 Å². The molecule has 1 aromatic carbocycles. The first-order valence-corrected chi connectivity index (χ1v) is 10.3. The molecule has 0 N–H and O–H groups in total. The Labute approximate surface area is 168 Å². The molecule has 1 aromatic heterocycles. The summed E-state index contributed by atoms with van der Waals surface area (Å²) < 4.78 is 37.2. The van der Waals surface area contributed by atoms with Crippen LogP contribution in [-0.4, -0.2) is 74.4 Å². The van der Waals surface area contributed by atoms with Crippen molar-refractivity contribution in [3.05, 3.63) is 54.4 Å². The van der Waals surface area contributed by atoms with Gasteiger partial charge in [0.05, 0.1) is 24.7 Å². The summed E-state index contributed by atoms with van der Waals surface area (Å²) in [5, 5.41) is 0. The van der Waals surface area contributed by atoms with Crippen LogP contribution in [0.2, 0.25) is 0 Å². The van der Waals surface area contributed by atoms with E-state index in [1.807, 2.05) is 0 Å². The molecule has 29 heavy (non-hydrogen) atoms. The minimum absolute atomic E-state index is 0.0271. The average molecular weight is 419 g/mol. The number of ether oxygens (including phenoxy) is 2. The lowest BCUT2D eigenvalue weighted by Crippen LogP contribution is -2.59. The maximum atomic E-state index is 13.1. The Bertz CT molecular complexity index is 979. The van der Waals surface area contributed by atoms with E-state index in [1.54, 1.807) is 18.3 Å². The van der Waals surface area contributed by atoms with Gasteiger partial charge in [-0.2, -0.15) is 4.31 Å². The molecular formula is C19H21N3O6S. The molecule has 1 saturated heterocycles. The lowest BCUT2D eigenvalue weighted by atomic mass is 10.1. The van der Waals surface area contributed by atoms with Gasteiger partial charge >= 0.3 is 5.97 Å². The van der Waals surface area contributed by atoms with Gasteiger partial charge < -0.3 is 14.4 Å². The SMILES string of the molecule is COC(=O)C1CN(C(=O)c2cccnc2)CCN1S(=O)(=O)c1ccc(OC)cc1. The summed E-state index contributed by atoms with van der Waals surface area (Å²) in [6.45, 7) is -0.0213. The van der Waals surface area contributed by atoms with E-state index in [1.165, 1.54) is 49.6 Å². The number of aromatic nitrogens is 1. The van der Waals surface area contributed by atoms with Gasteiger partial charge in [0, 0.05) is 32.0 Å². The number of carbonyl (C=O) groups excluding carboxylic acids is 2. The molecule has 10 heteroatoms. The number of hydrogen-bond acceptors (Lipinski definition) is 7. The number of amides is 1. The van der Waals surface area contributed by atoms with Gasteiger partial charge in [0.25, 0.3) is 5.91 Å². The van der Waals surface area contributed by atoms with Crippen molar-refractivity contribution in [1.29, 1.82) is 0 Å². The smallest absolute Gasteiger partial charge is 0.326 e. The fraction of sp³-hybridized carbons (Fsp3) is 0.316. The van der Waals surface area contributed by atoms with Crippen molar-refractivity contribution in [1.82, 2.24) is 14.2 Å². The number of esters is 1. The number of hydrogen-bond donors (Lipinski definition) is 0. The summed E-state index contributed by atoms with van der Waals surface area (Å²) in [5.74, 6) is -0.542. The lowest BCUT2D eigenvalue weighted by Gasteiger charge is -2.38. The zero-order chi connectivity index (χ0) is 21.0. The van der Waals surface area contributed by atoms with Gasteiger partial charge in [0.2, 0.25) is 10.0 Å². The summed E-state index contributed by atoms with van der Waals surface area (Å²) in [6.07, 6.45) is 2.98. The van der Waals surface area contributed by atoms with Crippen LogP contribution in [0.15, 0.2) is 53.7 Å². The highest BCUT2D eigenvalue weighted by molar-refractivity contribution is 7.89. The first-order chi connectivity index (χ1) is 13.9. The Morgan fingerprint density at radius 3 is 2.41 bits per heavy atom. The minimum Gasteiger partial charge on any atom is -0.497 e. The van der Waals surface area contributed by atoms with Crippen molar-refractivity contribution >= 4 is 21.9 Å². The van der Waals surface area contributed by atoms with Crippen molar-refractivity contribution < 1.29 is 27.5 Å². The van der Waals surface area contributed by atoms with Gasteiger partial charge in [-0.15, -0.1) is 0 Å². The number of piperazine rings is 1. The topological polar surface area (TPSA) is 106 Å². The van der Waals surface area contributed by atoms with Gasteiger partial charge in [-0.05, 0) is 36.4 Å². The number of carbonyl (C=O) groups is 2. The third kappa shape index (κ3) is 4.22. The molecule has 1 atom stereocenters. The Morgan fingerprint density at radius 1 is 1.10 bits per heavy atom. The van der Waals surface area contributed by atoms with Crippen LogP contribution in [0, 0.1) is 0 Å². The predicted octanol–water partition coefficient (Wildman–Crippen LogP) is 0.778. The third-order valence-corrected chi connectivity index (χ3v) is 6.59. The van der Waals surface area contributed by atoms with E-state index in [2.05, 4.69) is 4.98 Å². The largest absolute Gasteiger partial charge is 0.497 e. The second-order valence-electron chi connectivity index (χ2n) is 6.32. The minimum atomic E-state index is -3.98. The molecule has 2 aromatic rings. The van der Waals surface area contributed by atoms with E-state index < -0.39 is 22.0 Å². The molecule has 1 aliphatic heterocycles. The van der Waals surface area contributed by atoms with Crippen LogP contribution in [0.1, 0.15) is 10.4 Å². The van der Waals surface area contributed by atoms with Crippen molar-refractivity contribution in [2.24, 2.45) is 0 Å². The summed E-state index contributed by atoms with van der Waals surface area (Å²) >= 11 is 0. The van der Waals surface area contributed by atoms with Crippen LogP contribution >= 0.6 is 0 Å². The first kappa shape index (κ1) is 20.7. The molecule has 9 nitrogen and oxygen atoms in total. The number of methoxy groups -OCH3 is 2. The molecule has 0 radical (unpaired) electrons. The molecule has 1 amide bonds. The Hall–Kier alpha value is -2.98. The van der Waals surface area contributed by atoms with Crippen LogP contribution in [0.3, 0.4) is 0 Å². The molecular weight excluding hydrogens is 398 g/mol. The summed E-state index contributed by atoms with van der Waals surface area (Å²) in [7, 11) is -1.31. The van der Waals surface area contributed by atoms with Crippen molar-refractivity contribution in [2.45, 2.75) is 10.9 Å². The molecule has 1 unspecified atom stereocenters. The molecule has 0 saturated carbocycles. The molecule has 0 aliphatic carbocycles. The van der Waals surface area contributed by atoms with Crippen LogP contribution in [-0.2, 0) is 19.6 Å². The number of rotatable bonds is 5. The standard InChI is InChI=1S/C19H21N3O6S/c1-27-15-5-7-16(8-6-15)29(25,26)22-11-10-21(13-17(22)19(24)28-2)18(23)14-4-3-9-20-12-14/h3-9,12,17H,10-11,13H2,1-2H3. The van der Waals surface area contributed by atoms with Crippen molar-refractivity contribution in [3.63, 3.8) is 0 Å². The van der Waals surface area contributed by atoms with E-state index in [-0.39, 0.29) is 30.4 Å². The van der Waals surface area contributed by atoms with E-state index >= 15 is 0 Å². The van der Waals surface area contributed by atoms with Gasteiger partial charge in [-0.1, -0.05) is 0 Å². The van der Waals surface area contributed by atoms with Gasteiger partial charge in [-0.25, -0.2) is 8.42 Å². The Balaban J connectivity index is 1.87. The van der Waals surface area contributed by atoms with E-state index in [0.717, 1.165) is 4.31 Å². The second-order valence-corrected chi connectivity index (χ2v) is 8.21. The maximum absolute atomic E-state index is 13.1. The van der Waals surface area contributed by atoms with Crippen molar-refractivity contribution in [2.75, 3.05) is 33.9 Å². The van der Waals surface area contributed by atoms with Crippen LogP contribution in [0.4, 0.5) is 0 Å². The quantitative estimate of drug-likeness (QED) is 0.659. The third-order valence-electron chi connectivity index (χ3n) is 4.67. The molecule has 3 rings (SSSR count). The molecule has 0 bridgehead atoms. The normalized spacial score (nSPS) is 17.6. The Kier molecular flexibility index (Phi) is 6.14. The fourth-order valence-electron chi connectivity index (χ4n) is 3.12. The van der Waals surface area contributed by atoms with Crippen LogP contribution in [0.25, 0.3) is 0 Å². The number of nitrogens with zero attached hydrogens (tertiary/aromatic N) is 3. The lowest BCUT2D eigenvalue weighted by molar-refractivity contribution is -0.146. The van der Waals surface area contributed by atoms with Gasteiger partial charge in [0.1, 0.15) is 11.8 Å². The Morgan fingerprint density at radius 2 is 1.83 bits per heavy atom. The van der Waals surface area contributed by atoms with E-state index in [9.17, 15) is 18.0 Å². The highest BCUT2D eigenvalue weighted by atomic mass is 32.2. The summed E-state index contributed by atoms with van der Waals surface area (Å²) in [5.41, 5.74) is 0.363. The first-order valence-electron chi connectivity index (χ1n) is 8.81. The maximum Gasteiger partial charge on any atom is 0.326 e. The molecule has 2 heterocycles. The number of pyridine rings is 1. The highest BCUT2D eigenvalue weighted by Crippen LogP contribution is 2.24. The fourth-order valence-corrected chi connectivity index (χ4v) is 4.68. The monoisotopic (exact) mass is 419 g/mol. The van der Waals surface area contributed by atoms with Gasteiger partial charge in [-0.3, -0.25) is 14.6 Å². The summed E-state index contributed by atoms with van der Waals surface area (Å²) in [4.78, 5) is 30.4. The van der Waals surface area contributed by atoms with Crippen molar-refractivity contribution in [3.8, 4) is 5.75 Å². The number of sulfonamides is 1.